The quantitative estimate of drug-likeness (QED) is 0.851. The Balaban J connectivity index is 1.92. The summed E-state index contributed by atoms with van der Waals surface area (Å²) in [5.41, 5.74) is 0.971. The van der Waals surface area contributed by atoms with Gasteiger partial charge in [-0.1, -0.05) is 13.0 Å². The van der Waals surface area contributed by atoms with Crippen molar-refractivity contribution in [3.8, 4) is 0 Å². The normalized spacial score (nSPS) is 15.2. The fourth-order valence-corrected chi connectivity index (χ4v) is 3.01. The van der Waals surface area contributed by atoms with E-state index >= 15 is 0 Å². The Labute approximate surface area is 143 Å². The molecule has 0 amide bonds. The lowest BCUT2D eigenvalue weighted by molar-refractivity contribution is -0.141. The van der Waals surface area contributed by atoms with Gasteiger partial charge < -0.3 is 0 Å². The van der Waals surface area contributed by atoms with Gasteiger partial charge in [-0.25, -0.2) is 4.98 Å². The molecule has 1 aliphatic heterocycles. The molecule has 134 valence electrons. The van der Waals surface area contributed by atoms with Crippen LogP contribution in [0.4, 0.5) is 13.2 Å². The Bertz CT molecular complexity index is 828. The van der Waals surface area contributed by atoms with E-state index in [0.29, 0.717) is 23.5 Å². The summed E-state index contributed by atoms with van der Waals surface area (Å²) in [7, 11) is 0. The third kappa shape index (κ3) is 3.58. The van der Waals surface area contributed by atoms with Gasteiger partial charge in [-0.2, -0.15) is 13.2 Å². The van der Waals surface area contributed by atoms with E-state index in [1.807, 2.05) is 6.92 Å². The predicted octanol–water partition coefficient (Wildman–Crippen LogP) is 2.39. The predicted molar refractivity (Wildman–Crippen MR) is 86.2 cm³/mol. The van der Waals surface area contributed by atoms with Gasteiger partial charge >= 0.3 is 6.18 Å². The summed E-state index contributed by atoms with van der Waals surface area (Å²) in [6.45, 7) is 6.23. The lowest BCUT2D eigenvalue weighted by Gasteiger charge is -2.27. The average molecular weight is 352 g/mol. The van der Waals surface area contributed by atoms with Crippen LogP contribution in [0.1, 0.15) is 35.3 Å². The van der Waals surface area contributed by atoms with Crippen LogP contribution >= 0.6 is 0 Å². The fraction of sp³-hybridized carbons (Fsp3) is 0.471. The molecular weight excluding hydrogens is 333 g/mol. The Morgan fingerprint density at radius 3 is 2.64 bits per heavy atom. The number of aryl methyl sites for hydroxylation is 1. The molecule has 0 aromatic carbocycles. The molecule has 0 radical (unpaired) electrons. The summed E-state index contributed by atoms with van der Waals surface area (Å²) in [4.78, 5) is 23.0. The van der Waals surface area contributed by atoms with Gasteiger partial charge in [-0.3, -0.25) is 19.2 Å². The number of fused-ring (bicyclic) bond motifs is 1. The number of halogens is 3. The molecule has 5 nitrogen and oxygen atoms in total. The van der Waals surface area contributed by atoms with Gasteiger partial charge in [-0.05, 0) is 25.1 Å². The molecule has 0 saturated heterocycles. The van der Waals surface area contributed by atoms with Gasteiger partial charge in [0.05, 0.1) is 17.8 Å². The summed E-state index contributed by atoms with van der Waals surface area (Å²) < 4.78 is 39.3. The summed E-state index contributed by atoms with van der Waals surface area (Å²) in [5, 5.41) is 0. The number of nitrogens with zero attached hydrogens (tertiary/aromatic N) is 4. The van der Waals surface area contributed by atoms with Crippen LogP contribution in [0.2, 0.25) is 0 Å². The first-order chi connectivity index (χ1) is 11.8. The van der Waals surface area contributed by atoms with Crippen LogP contribution in [0, 0.1) is 6.92 Å². The first-order valence-corrected chi connectivity index (χ1v) is 8.13. The maximum Gasteiger partial charge on any atom is 0.433 e. The third-order valence-corrected chi connectivity index (χ3v) is 4.49. The molecule has 0 saturated carbocycles. The molecule has 2 aromatic rings. The van der Waals surface area contributed by atoms with Crippen molar-refractivity contribution in [2.45, 2.75) is 39.5 Å². The van der Waals surface area contributed by atoms with Crippen molar-refractivity contribution in [1.29, 1.82) is 0 Å². The van der Waals surface area contributed by atoms with Crippen molar-refractivity contribution in [2.75, 3.05) is 13.1 Å². The van der Waals surface area contributed by atoms with E-state index in [-0.39, 0.29) is 12.1 Å². The second-order valence-electron chi connectivity index (χ2n) is 6.14. The Kier molecular flexibility index (Phi) is 4.64. The van der Waals surface area contributed by atoms with Crippen molar-refractivity contribution in [1.82, 2.24) is 19.4 Å². The van der Waals surface area contributed by atoms with E-state index in [4.69, 9.17) is 0 Å². The highest BCUT2D eigenvalue weighted by atomic mass is 19.4. The standard InChI is InChI=1S/C17H19F3N4O/c1-3-23-7-6-14-13(10-23)16(25)24(11(2)22-14)9-12-4-5-15(21-8-12)17(18,19)20/h4-5,8H,3,6-7,9-10H2,1-2H3. The number of hydrogen-bond donors (Lipinski definition) is 0. The van der Waals surface area contributed by atoms with Crippen LogP contribution in [0.25, 0.3) is 0 Å². The lowest BCUT2D eigenvalue weighted by atomic mass is 10.1. The van der Waals surface area contributed by atoms with Crippen molar-refractivity contribution in [3.63, 3.8) is 0 Å². The molecular formula is C17H19F3N4O. The molecule has 0 unspecified atom stereocenters. The Morgan fingerprint density at radius 1 is 1.28 bits per heavy atom. The fourth-order valence-electron chi connectivity index (χ4n) is 3.01. The number of hydrogen-bond acceptors (Lipinski definition) is 4. The Morgan fingerprint density at radius 2 is 2.04 bits per heavy atom. The van der Waals surface area contributed by atoms with Crippen molar-refractivity contribution in [3.05, 3.63) is 57.0 Å². The SMILES string of the molecule is CCN1CCc2nc(C)n(Cc3ccc(C(F)(F)F)nc3)c(=O)c2C1. The van der Waals surface area contributed by atoms with Gasteiger partial charge in [0, 0.05) is 25.7 Å². The minimum absolute atomic E-state index is 0.124. The minimum atomic E-state index is -4.47. The Hall–Kier alpha value is -2.22. The summed E-state index contributed by atoms with van der Waals surface area (Å²) in [5.74, 6) is 0.564. The largest absolute Gasteiger partial charge is 0.433 e. The molecule has 0 spiro atoms. The molecule has 8 heteroatoms. The molecule has 3 heterocycles. The first kappa shape index (κ1) is 17.6. The van der Waals surface area contributed by atoms with E-state index < -0.39 is 11.9 Å². The smallest absolute Gasteiger partial charge is 0.299 e. The monoisotopic (exact) mass is 352 g/mol. The highest BCUT2D eigenvalue weighted by Gasteiger charge is 2.32. The third-order valence-electron chi connectivity index (χ3n) is 4.49. The molecule has 25 heavy (non-hydrogen) atoms. The number of aromatic nitrogens is 3. The highest BCUT2D eigenvalue weighted by molar-refractivity contribution is 5.23. The maximum atomic E-state index is 12.8. The highest BCUT2D eigenvalue weighted by Crippen LogP contribution is 2.27. The van der Waals surface area contributed by atoms with Crippen LogP contribution in [0.15, 0.2) is 23.1 Å². The van der Waals surface area contributed by atoms with Gasteiger partial charge in [0.1, 0.15) is 11.5 Å². The van der Waals surface area contributed by atoms with Gasteiger partial charge in [0.25, 0.3) is 5.56 Å². The van der Waals surface area contributed by atoms with Crippen LogP contribution in [-0.4, -0.2) is 32.5 Å². The average Bonchev–Trinajstić information content (AvgIpc) is 2.58. The molecule has 0 fully saturated rings. The number of pyridine rings is 1. The van der Waals surface area contributed by atoms with Gasteiger partial charge in [0.15, 0.2) is 0 Å². The van der Waals surface area contributed by atoms with Gasteiger partial charge in [0.2, 0.25) is 0 Å². The zero-order chi connectivity index (χ0) is 18.2. The molecule has 0 atom stereocenters. The number of likely N-dealkylation sites (N-methyl/N-ethyl adjacent to an activating group) is 1. The van der Waals surface area contributed by atoms with Crippen molar-refractivity contribution < 1.29 is 13.2 Å². The topological polar surface area (TPSA) is 51.0 Å². The van der Waals surface area contributed by atoms with Crippen LogP contribution in [0.3, 0.4) is 0 Å². The van der Waals surface area contributed by atoms with E-state index in [1.54, 1.807) is 6.92 Å². The van der Waals surface area contributed by atoms with E-state index in [9.17, 15) is 18.0 Å². The number of alkyl halides is 3. The molecule has 1 aliphatic rings. The lowest BCUT2D eigenvalue weighted by Crippen LogP contribution is -2.38. The second-order valence-corrected chi connectivity index (χ2v) is 6.14. The summed E-state index contributed by atoms with van der Waals surface area (Å²) in [6.07, 6.45) is -2.57. The van der Waals surface area contributed by atoms with Crippen LogP contribution in [0.5, 0.6) is 0 Å². The van der Waals surface area contributed by atoms with E-state index in [1.165, 1.54) is 10.6 Å². The van der Waals surface area contributed by atoms with Crippen LogP contribution < -0.4 is 5.56 Å². The molecule has 0 bridgehead atoms. The summed E-state index contributed by atoms with van der Waals surface area (Å²) >= 11 is 0. The zero-order valence-corrected chi connectivity index (χ0v) is 14.1. The van der Waals surface area contributed by atoms with Crippen molar-refractivity contribution in [2.24, 2.45) is 0 Å². The molecule has 0 aliphatic carbocycles. The van der Waals surface area contributed by atoms with E-state index in [0.717, 1.165) is 37.5 Å². The maximum absolute atomic E-state index is 12.8. The second kappa shape index (κ2) is 6.59. The van der Waals surface area contributed by atoms with Gasteiger partial charge in [-0.15, -0.1) is 0 Å². The minimum Gasteiger partial charge on any atom is -0.299 e. The van der Waals surface area contributed by atoms with Crippen molar-refractivity contribution >= 4 is 0 Å². The summed E-state index contributed by atoms with van der Waals surface area (Å²) in [6, 6.07) is 2.28. The molecule has 0 N–H and O–H groups in total. The molecule has 2 aromatic heterocycles. The zero-order valence-electron chi connectivity index (χ0n) is 14.1. The first-order valence-electron chi connectivity index (χ1n) is 8.13. The van der Waals surface area contributed by atoms with E-state index in [2.05, 4.69) is 14.9 Å². The number of rotatable bonds is 3. The van der Waals surface area contributed by atoms with Crippen LogP contribution in [-0.2, 0) is 25.7 Å². The molecule has 3 rings (SSSR count).